The van der Waals surface area contributed by atoms with Gasteiger partial charge in [0.2, 0.25) is 15.9 Å². The van der Waals surface area contributed by atoms with Crippen LogP contribution in [-0.2, 0) is 14.8 Å². The lowest BCUT2D eigenvalue weighted by Crippen LogP contribution is -2.50. The Morgan fingerprint density at radius 3 is 2.62 bits per heavy atom. The maximum atomic E-state index is 13.6. The molecular formula is C24H34N4O5S. The van der Waals surface area contributed by atoms with Crippen LogP contribution in [0.5, 0.6) is 5.75 Å². The summed E-state index contributed by atoms with van der Waals surface area (Å²) in [5, 5.41) is 9.77. The van der Waals surface area contributed by atoms with Gasteiger partial charge in [-0.15, -0.1) is 0 Å². The summed E-state index contributed by atoms with van der Waals surface area (Å²) in [6, 6.07) is 8.07. The van der Waals surface area contributed by atoms with Crippen molar-refractivity contribution in [1.82, 2.24) is 19.1 Å². The fourth-order valence-electron chi connectivity index (χ4n) is 3.92. The summed E-state index contributed by atoms with van der Waals surface area (Å²) in [6.07, 6.45) is 2.92. The SMILES string of the molecule is C[C@H](CO)N1C[C@H](C)[C@H](CN(C)C(=O)CN(C)C)Oc2cc(-c3cccnc3)ccc2S1(=O)=O. The number of rotatable bonds is 7. The Kier molecular flexibility index (Phi) is 8.29. The molecule has 1 aromatic carbocycles. The third kappa shape index (κ3) is 5.75. The number of likely N-dealkylation sites (N-methyl/N-ethyl adjacent to an activating group) is 2. The van der Waals surface area contributed by atoms with Gasteiger partial charge in [0.1, 0.15) is 16.7 Å². The third-order valence-corrected chi connectivity index (χ3v) is 8.01. The molecule has 0 aliphatic carbocycles. The second-order valence-electron chi connectivity index (χ2n) is 9.16. The first-order valence-corrected chi connectivity index (χ1v) is 12.7. The van der Waals surface area contributed by atoms with Crippen molar-refractivity contribution in [2.24, 2.45) is 5.92 Å². The largest absolute Gasteiger partial charge is 0.487 e. The number of carbonyl (C=O) groups excluding carboxylic acids is 1. The van der Waals surface area contributed by atoms with E-state index in [0.717, 1.165) is 11.1 Å². The number of amides is 1. The zero-order valence-electron chi connectivity index (χ0n) is 20.4. The lowest BCUT2D eigenvalue weighted by Gasteiger charge is -2.37. The molecule has 1 aliphatic heterocycles. The number of pyridine rings is 1. The quantitative estimate of drug-likeness (QED) is 0.628. The molecule has 1 aromatic heterocycles. The van der Waals surface area contributed by atoms with Crippen LogP contribution in [0, 0.1) is 5.92 Å². The van der Waals surface area contributed by atoms with E-state index < -0.39 is 22.2 Å². The average molecular weight is 491 g/mol. The number of aromatic nitrogens is 1. The van der Waals surface area contributed by atoms with Crippen molar-refractivity contribution in [2.45, 2.75) is 30.9 Å². The van der Waals surface area contributed by atoms with E-state index in [0.29, 0.717) is 6.54 Å². The van der Waals surface area contributed by atoms with E-state index >= 15 is 0 Å². The Balaban J connectivity index is 2.06. The summed E-state index contributed by atoms with van der Waals surface area (Å²) in [5.41, 5.74) is 1.60. The first-order valence-electron chi connectivity index (χ1n) is 11.3. The van der Waals surface area contributed by atoms with Crippen LogP contribution in [0.1, 0.15) is 13.8 Å². The summed E-state index contributed by atoms with van der Waals surface area (Å²) >= 11 is 0. The number of hydrogen-bond acceptors (Lipinski definition) is 7. The predicted octanol–water partition coefficient (Wildman–Crippen LogP) is 1.54. The first-order chi connectivity index (χ1) is 16.0. The molecule has 1 N–H and O–H groups in total. The number of aliphatic hydroxyl groups is 1. The van der Waals surface area contributed by atoms with Gasteiger partial charge in [-0.1, -0.05) is 19.1 Å². The molecule has 0 radical (unpaired) electrons. The number of benzene rings is 1. The van der Waals surface area contributed by atoms with Gasteiger partial charge in [0.25, 0.3) is 0 Å². The maximum absolute atomic E-state index is 13.6. The highest BCUT2D eigenvalue weighted by atomic mass is 32.2. The fourth-order valence-corrected chi connectivity index (χ4v) is 5.75. The molecule has 10 heteroatoms. The van der Waals surface area contributed by atoms with Crippen LogP contribution in [0.2, 0.25) is 0 Å². The third-order valence-electron chi connectivity index (χ3n) is 5.99. The molecule has 0 spiro atoms. The molecule has 0 bridgehead atoms. The summed E-state index contributed by atoms with van der Waals surface area (Å²) in [6.45, 7) is 4.00. The molecule has 9 nitrogen and oxygen atoms in total. The fraction of sp³-hybridized carbons (Fsp3) is 0.500. The molecule has 186 valence electrons. The van der Waals surface area contributed by atoms with Crippen molar-refractivity contribution in [3.05, 3.63) is 42.7 Å². The zero-order chi connectivity index (χ0) is 25.0. The topological polar surface area (TPSA) is 103 Å². The molecular weight excluding hydrogens is 456 g/mol. The highest BCUT2D eigenvalue weighted by Crippen LogP contribution is 2.36. The van der Waals surface area contributed by atoms with Gasteiger partial charge in [-0.05, 0) is 44.8 Å². The van der Waals surface area contributed by atoms with Crippen LogP contribution in [0.15, 0.2) is 47.6 Å². The summed E-state index contributed by atoms with van der Waals surface area (Å²) < 4.78 is 34.8. The smallest absolute Gasteiger partial charge is 0.247 e. The van der Waals surface area contributed by atoms with Crippen molar-refractivity contribution in [3.63, 3.8) is 0 Å². The van der Waals surface area contributed by atoms with E-state index in [-0.39, 0.29) is 42.2 Å². The average Bonchev–Trinajstić information content (AvgIpc) is 2.80. The predicted molar refractivity (Wildman–Crippen MR) is 130 cm³/mol. The van der Waals surface area contributed by atoms with E-state index in [1.165, 1.54) is 10.4 Å². The lowest BCUT2D eigenvalue weighted by atomic mass is 10.0. The summed E-state index contributed by atoms with van der Waals surface area (Å²) in [5.74, 6) is -0.0736. The van der Waals surface area contributed by atoms with E-state index in [1.807, 2.05) is 33.2 Å². The minimum absolute atomic E-state index is 0.0413. The molecule has 3 atom stereocenters. The highest BCUT2D eigenvalue weighted by Gasteiger charge is 2.38. The molecule has 2 aromatic rings. The minimum atomic E-state index is -3.92. The standard InChI is InChI=1S/C24H34N4O5S/c1-17-13-28(18(2)16-29)34(31,32)23-9-8-19(20-7-6-10-25-12-20)11-21(23)33-22(17)14-27(5)24(30)15-26(3)4/h6-12,17-18,22,29H,13-16H2,1-5H3/t17-,18+,22-/m0/s1. The second kappa shape index (κ2) is 10.8. The van der Waals surface area contributed by atoms with Crippen molar-refractivity contribution in [2.75, 3.05) is 47.4 Å². The monoisotopic (exact) mass is 490 g/mol. The van der Waals surface area contributed by atoms with Crippen LogP contribution in [0.25, 0.3) is 11.1 Å². The number of nitrogens with zero attached hydrogens (tertiary/aromatic N) is 4. The van der Waals surface area contributed by atoms with Crippen LogP contribution in [-0.4, -0.2) is 98.1 Å². The number of aliphatic hydroxyl groups excluding tert-OH is 1. The van der Waals surface area contributed by atoms with Crippen LogP contribution in [0.4, 0.5) is 0 Å². The molecule has 34 heavy (non-hydrogen) atoms. The van der Waals surface area contributed by atoms with Gasteiger partial charge in [-0.3, -0.25) is 9.78 Å². The minimum Gasteiger partial charge on any atom is -0.487 e. The van der Waals surface area contributed by atoms with Gasteiger partial charge in [0.05, 0.1) is 19.7 Å². The number of ether oxygens (including phenoxy) is 1. The van der Waals surface area contributed by atoms with Crippen molar-refractivity contribution in [3.8, 4) is 16.9 Å². The Labute approximate surface area is 202 Å². The van der Waals surface area contributed by atoms with E-state index in [1.54, 1.807) is 48.3 Å². The van der Waals surface area contributed by atoms with Crippen molar-refractivity contribution >= 4 is 15.9 Å². The van der Waals surface area contributed by atoms with Gasteiger partial charge >= 0.3 is 0 Å². The molecule has 3 rings (SSSR count). The van der Waals surface area contributed by atoms with E-state index in [2.05, 4.69) is 4.98 Å². The van der Waals surface area contributed by atoms with Gasteiger partial charge < -0.3 is 19.6 Å². The van der Waals surface area contributed by atoms with Crippen LogP contribution in [0.3, 0.4) is 0 Å². The van der Waals surface area contributed by atoms with Gasteiger partial charge in [-0.2, -0.15) is 4.31 Å². The van der Waals surface area contributed by atoms with Crippen molar-refractivity contribution < 1.29 is 23.1 Å². The first kappa shape index (κ1) is 26.1. The lowest BCUT2D eigenvalue weighted by molar-refractivity contribution is -0.132. The molecule has 0 unspecified atom stereocenters. The molecule has 2 heterocycles. The zero-order valence-corrected chi connectivity index (χ0v) is 21.2. The van der Waals surface area contributed by atoms with Gasteiger partial charge in [-0.25, -0.2) is 8.42 Å². The van der Waals surface area contributed by atoms with Crippen LogP contribution >= 0.6 is 0 Å². The molecule has 0 saturated heterocycles. The maximum Gasteiger partial charge on any atom is 0.247 e. The number of sulfonamides is 1. The van der Waals surface area contributed by atoms with Crippen molar-refractivity contribution in [1.29, 1.82) is 0 Å². The normalized spacial score (nSPS) is 21.1. The number of fused-ring (bicyclic) bond motifs is 1. The Hall–Kier alpha value is -2.53. The summed E-state index contributed by atoms with van der Waals surface area (Å²) in [4.78, 5) is 20.2. The number of carbonyl (C=O) groups is 1. The molecule has 1 amide bonds. The molecule has 0 fully saturated rings. The van der Waals surface area contributed by atoms with Gasteiger partial charge in [0, 0.05) is 43.5 Å². The van der Waals surface area contributed by atoms with Crippen LogP contribution < -0.4 is 4.74 Å². The second-order valence-corrected chi connectivity index (χ2v) is 11.0. The Bertz CT molecular complexity index is 1090. The Morgan fingerprint density at radius 1 is 1.26 bits per heavy atom. The number of hydrogen-bond donors (Lipinski definition) is 1. The molecule has 1 aliphatic rings. The Morgan fingerprint density at radius 2 is 2.00 bits per heavy atom. The van der Waals surface area contributed by atoms with E-state index in [9.17, 15) is 18.3 Å². The highest BCUT2D eigenvalue weighted by molar-refractivity contribution is 7.89. The summed E-state index contributed by atoms with van der Waals surface area (Å²) in [7, 11) is 1.45. The molecule has 0 saturated carbocycles. The van der Waals surface area contributed by atoms with Gasteiger partial charge in [0.15, 0.2) is 0 Å². The van der Waals surface area contributed by atoms with E-state index in [4.69, 9.17) is 4.74 Å².